The van der Waals surface area contributed by atoms with Crippen molar-refractivity contribution in [1.29, 1.82) is 0 Å². The third kappa shape index (κ3) is 2.27. The molecule has 1 aromatic rings. The predicted molar refractivity (Wildman–Crippen MR) is 68.2 cm³/mol. The number of nitrogens with zero attached hydrogens (tertiary/aromatic N) is 3. The quantitative estimate of drug-likeness (QED) is 0.885. The van der Waals surface area contributed by atoms with E-state index in [4.69, 9.17) is 0 Å². The van der Waals surface area contributed by atoms with Gasteiger partial charge in [0.25, 0.3) is 0 Å². The fourth-order valence-electron chi connectivity index (χ4n) is 2.68. The minimum Gasteiger partial charge on any atom is -0.480 e. The van der Waals surface area contributed by atoms with E-state index in [1.54, 1.807) is 4.68 Å². The number of likely N-dealkylation sites (tertiary alicyclic amines) is 1. The lowest BCUT2D eigenvalue weighted by atomic mass is 9.88. The molecular formula is C13H21N3O2. The number of piperidine rings is 1. The summed E-state index contributed by atoms with van der Waals surface area (Å²) in [7, 11) is 1.89. The SMILES string of the molecule is Cc1nn(C)cc1CN1CCCCC1(C)C(=O)O. The fraction of sp³-hybridized carbons (Fsp3) is 0.692. The number of aromatic nitrogens is 2. The first kappa shape index (κ1) is 13.1. The highest BCUT2D eigenvalue weighted by atomic mass is 16.4. The monoisotopic (exact) mass is 251 g/mol. The van der Waals surface area contributed by atoms with Crippen molar-refractivity contribution in [3.05, 3.63) is 17.5 Å². The smallest absolute Gasteiger partial charge is 0.323 e. The largest absolute Gasteiger partial charge is 0.480 e. The normalized spacial score (nSPS) is 25.3. The van der Waals surface area contributed by atoms with Crippen LogP contribution in [0.1, 0.15) is 37.4 Å². The Balaban J connectivity index is 2.20. The van der Waals surface area contributed by atoms with Gasteiger partial charge in [0.2, 0.25) is 0 Å². The minimum atomic E-state index is -0.736. The van der Waals surface area contributed by atoms with E-state index in [2.05, 4.69) is 10.00 Å². The molecule has 0 aromatic carbocycles. The molecule has 2 rings (SSSR count). The highest BCUT2D eigenvalue weighted by Crippen LogP contribution is 2.30. The lowest BCUT2D eigenvalue weighted by molar-refractivity contribution is -0.153. The summed E-state index contributed by atoms with van der Waals surface area (Å²) in [6.45, 7) is 5.32. The van der Waals surface area contributed by atoms with Crippen molar-refractivity contribution in [2.24, 2.45) is 7.05 Å². The Kier molecular flexibility index (Phi) is 3.43. The topological polar surface area (TPSA) is 58.4 Å². The first-order valence-electron chi connectivity index (χ1n) is 6.41. The van der Waals surface area contributed by atoms with Crippen LogP contribution in [0.3, 0.4) is 0 Å². The molecule has 18 heavy (non-hydrogen) atoms. The Bertz CT molecular complexity index is 455. The van der Waals surface area contributed by atoms with Crippen molar-refractivity contribution in [3.63, 3.8) is 0 Å². The van der Waals surface area contributed by atoms with Crippen LogP contribution in [0.25, 0.3) is 0 Å². The summed E-state index contributed by atoms with van der Waals surface area (Å²) >= 11 is 0. The summed E-state index contributed by atoms with van der Waals surface area (Å²) in [5, 5.41) is 13.8. The molecule has 1 fully saturated rings. The van der Waals surface area contributed by atoms with E-state index in [1.807, 2.05) is 27.1 Å². The van der Waals surface area contributed by atoms with Crippen LogP contribution >= 0.6 is 0 Å². The van der Waals surface area contributed by atoms with Gasteiger partial charge in [0.15, 0.2) is 0 Å². The van der Waals surface area contributed by atoms with E-state index < -0.39 is 11.5 Å². The van der Waals surface area contributed by atoms with Crippen molar-refractivity contribution < 1.29 is 9.90 Å². The zero-order chi connectivity index (χ0) is 13.3. The maximum atomic E-state index is 11.5. The number of carbonyl (C=O) groups is 1. The van der Waals surface area contributed by atoms with E-state index in [1.165, 1.54) is 0 Å². The third-order valence-electron chi connectivity index (χ3n) is 3.98. The number of rotatable bonds is 3. The predicted octanol–water partition coefficient (Wildman–Crippen LogP) is 1.56. The second-order valence-corrected chi connectivity index (χ2v) is 5.37. The van der Waals surface area contributed by atoms with Gasteiger partial charge in [0.1, 0.15) is 5.54 Å². The molecule has 0 spiro atoms. The van der Waals surface area contributed by atoms with Crippen molar-refractivity contribution >= 4 is 5.97 Å². The highest BCUT2D eigenvalue weighted by molar-refractivity contribution is 5.78. The van der Waals surface area contributed by atoms with Crippen molar-refractivity contribution in [2.75, 3.05) is 6.54 Å². The van der Waals surface area contributed by atoms with Crippen molar-refractivity contribution in [2.45, 2.75) is 45.2 Å². The van der Waals surface area contributed by atoms with Gasteiger partial charge in [-0.3, -0.25) is 14.4 Å². The van der Waals surface area contributed by atoms with Crippen LogP contribution in [0, 0.1) is 6.92 Å². The lowest BCUT2D eigenvalue weighted by Crippen LogP contribution is -2.54. The number of hydrogen-bond acceptors (Lipinski definition) is 3. The first-order chi connectivity index (χ1) is 8.43. The Hall–Kier alpha value is -1.36. The maximum Gasteiger partial charge on any atom is 0.323 e. The Labute approximate surface area is 107 Å². The maximum absolute atomic E-state index is 11.5. The molecule has 1 aliphatic heterocycles. The molecule has 1 atom stereocenters. The zero-order valence-electron chi connectivity index (χ0n) is 11.3. The van der Waals surface area contributed by atoms with E-state index >= 15 is 0 Å². The highest BCUT2D eigenvalue weighted by Gasteiger charge is 2.41. The van der Waals surface area contributed by atoms with Crippen LogP contribution in [0.5, 0.6) is 0 Å². The molecule has 1 N–H and O–H groups in total. The average molecular weight is 251 g/mol. The summed E-state index contributed by atoms with van der Waals surface area (Å²) in [6, 6.07) is 0. The van der Waals surface area contributed by atoms with Crippen LogP contribution in [-0.2, 0) is 18.4 Å². The second-order valence-electron chi connectivity index (χ2n) is 5.37. The zero-order valence-corrected chi connectivity index (χ0v) is 11.3. The average Bonchev–Trinajstić information content (AvgIpc) is 2.60. The standard InChI is InChI=1S/C13H21N3O2/c1-10-11(8-15(3)14-10)9-16-7-5-4-6-13(16,2)12(17)18/h8H,4-7,9H2,1-3H3,(H,17,18). The molecular weight excluding hydrogens is 230 g/mol. The summed E-state index contributed by atoms with van der Waals surface area (Å²) in [5.74, 6) is -0.719. The molecule has 0 radical (unpaired) electrons. The van der Waals surface area contributed by atoms with Gasteiger partial charge in [0, 0.05) is 25.4 Å². The number of aliphatic carboxylic acids is 1. The fourth-order valence-corrected chi connectivity index (χ4v) is 2.68. The van der Waals surface area contributed by atoms with E-state index in [-0.39, 0.29) is 0 Å². The van der Waals surface area contributed by atoms with E-state index in [0.29, 0.717) is 6.54 Å². The summed E-state index contributed by atoms with van der Waals surface area (Å²) < 4.78 is 1.78. The summed E-state index contributed by atoms with van der Waals surface area (Å²) in [5.41, 5.74) is 1.36. The Morgan fingerprint density at radius 1 is 1.56 bits per heavy atom. The molecule has 0 saturated carbocycles. The van der Waals surface area contributed by atoms with E-state index in [9.17, 15) is 9.90 Å². The molecule has 5 heteroatoms. The molecule has 2 heterocycles. The summed E-state index contributed by atoms with van der Waals surface area (Å²) in [4.78, 5) is 13.6. The van der Waals surface area contributed by atoms with Gasteiger partial charge in [-0.05, 0) is 39.7 Å². The number of carboxylic acid groups (broad SMARTS) is 1. The van der Waals surface area contributed by atoms with Crippen LogP contribution < -0.4 is 0 Å². The third-order valence-corrected chi connectivity index (χ3v) is 3.98. The Morgan fingerprint density at radius 3 is 2.83 bits per heavy atom. The molecule has 100 valence electrons. The van der Waals surface area contributed by atoms with Gasteiger partial charge >= 0.3 is 5.97 Å². The van der Waals surface area contributed by atoms with Crippen molar-refractivity contribution in [1.82, 2.24) is 14.7 Å². The van der Waals surface area contributed by atoms with E-state index in [0.717, 1.165) is 37.1 Å². The number of hydrogen-bond donors (Lipinski definition) is 1. The van der Waals surface area contributed by atoms with Gasteiger partial charge in [-0.2, -0.15) is 5.10 Å². The van der Waals surface area contributed by atoms with Crippen molar-refractivity contribution in [3.8, 4) is 0 Å². The first-order valence-corrected chi connectivity index (χ1v) is 6.41. The molecule has 0 bridgehead atoms. The summed E-state index contributed by atoms with van der Waals surface area (Å²) in [6.07, 6.45) is 4.77. The van der Waals surface area contributed by atoms with Gasteiger partial charge in [-0.25, -0.2) is 0 Å². The van der Waals surface area contributed by atoms with Gasteiger partial charge in [-0.15, -0.1) is 0 Å². The molecule has 1 unspecified atom stereocenters. The molecule has 1 aliphatic rings. The van der Waals surface area contributed by atoms with Crippen LogP contribution in [0.15, 0.2) is 6.20 Å². The van der Waals surface area contributed by atoms with Crippen LogP contribution in [0.4, 0.5) is 0 Å². The lowest BCUT2D eigenvalue weighted by Gasteiger charge is -2.41. The molecule has 5 nitrogen and oxygen atoms in total. The van der Waals surface area contributed by atoms with Gasteiger partial charge in [0.05, 0.1) is 5.69 Å². The Morgan fingerprint density at radius 2 is 2.28 bits per heavy atom. The van der Waals surface area contributed by atoms with Crippen LogP contribution in [0.2, 0.25) is 0 Å². The second kappa shape index (κ2) is 4.72. The van der Waals surface area contributed by atoms with Crippen LogP contribution in [-0.4, -0.2) is 37.8 Å². The molecule has 1 aromatic heterocycles. The minimum absolute atomic E-state index is 0.669. The molecule has 0 amide bonds. The van der Waals surface area contributed by atoms with Gasteiger partial charge in [-0.1, -0.05) is 0 Å². The molecule has 0 aliphatic carbocycles. The molecule has 1 saturated heterocycles. The number of carboxylic acids is 1. The van der Waals surface area contributed by atoms with Gasteiger partial charge < -0.3 is 5.11 Å². The number of aryl methyl sites for hydroxylation is 2.